The second-order valence-electron chi connectivity index (χ2n) is 9.83. The van der Waals surface area contributed by atoms with Crippen molar-refractivity contribution in [2.75, 3.05) is 0 Å². The summed E-state index contributed by atoms with van der Waals surface area (Å²) in [4.78, 5) is 0. The van der Waals surface area contributed by atoms with Crippen molar-refractivity contribution in [2.24, 2.45) is 5.41 Å². The number of aliphatic hydroxyl groups excluding tert-OH is 1. The first-order chi connectivity index (χ1) is 16.6. The first kappa shape index (κ1) is 21.0. The van der Waals surface area contributed by atoms with Gasteiger partial charge in [-0.1, -0.05) is 72.8 Å². The zero-order valence-corrected chi connectivity index (χ0v) is 19.1. The van der Waals surface area contributed by atoms with E-state index in [9.17, 15) is 10.2 Å². The summed E-state index contributed by atoms with van der Waals surface area (Å²) in [5, 5.41) is 21.3. The van der Waals surface area contributed by atoms with E-state index in [2.05, 4.69) is 42.5 Å². The maximum absolute atomic E-state index is 11.2. The molecule has 170 valence electrons. The number of phenols is 1. The lowest BCUT2D eigenvalue weighted by Crippen LogP contribution is -2.35. The highest BCUT2D eigenvalue weighted by Gasteiger charge is 2.48. The molecular weight excluding hydrogens is 420 g/mol. The molecule has 0 bridgehead atoms. The van der Waals surface area contributed by atoms with Crippen molar-refractivity contribution in [1.82, 2.24) is 0 Å². The van der Waals surface area contributed by atoms with E-state index in [1.165, 1.54) is 27.8 Å². The van der Waals surface area contributed by atoms with Crippen LogP contribution in [0.4, 0.5) is 0 Å². The van der Waals surface area contributed by atoms with Crippen LogP contribution >= 0.6 is 0 Å². The molecule has 3 aliphatic carbocycles. The van der Waals surface area contributed by atoms with Crippen LogP contribution in [0.5, 0.6) is 5.75 Å². The van der Waals surface area contributed by atoms with Gasteiger partial charge in [0.1, 0.15) is 17.1 Å². The standard InChI is InChI=1S/C31H28O3/c32-26-14-13-23-17-30(19-25(23)16-26)18-24-10-4-5-11-27(24)28(30)20-31(15-7-6-12-29(31)33)34-21-22-8-2-1-3-9-22/h1-14,16,20,32-33H,15,17-19,21H2. The van der Waals surface area contributed by atoms with Gasteiger partial charge in [-0.15, -0.1) is 0 Å². The fraction of sp³-hybridized carbons (Fsp3) is 0.226. The number of aromatic hydroxyl groups is 1. The number of benzene rings is 3. The van der Waals surface area contributed by atoms with Gasteiger partial charge in [-0.25, -0.2) is 0 Å². The van der Waals surface area contributed by atoms with Gasteiger partial charge < -0.3 is 14.9 Å². The molecule has 34 heavy (non-hydrogen) atoms. The third kappa shape index (κ3) is 3.48. The third-order valence-corrected chi connectivity index (χ3v) is 7.62. The first-order valence-electron chi connectivity index (χ1n) is 11.9. The zero-order chi connectivity index (χ0) is 23.2. The van der Waals surface area contributed by atoms with Crippen molar-refractivity contribution in [3.63, 3.8) is 0 Å². The molecule has 3 aliphatic rings. The molecule has 0 saturated carbocycles. The summed E-state index contributed by atoms with van der Waals surface area (Å²) in [5.74, 6) is 0.559. The second-order valence-corrected chi connectivity index (χ2v) is 9.83. The number of aliphatic hydroxyl groups is 1. The monoisotopic (exact) mass is 448 g/mol. The number of phenolic OH excluding ortho intramolecular Hbond substituents is 1. The lowest BCUT2D eigenvalue weighted by atomic mass is 9.75. The fourth-order valence-corrected chi connectivity index (χ4v) is 5.94. The van der Waals surface area contributed by atoms with E-state index in [0.29, 0.717) is 18.8 Å². The van der Waals surface area contributed by atoms with Crippen LogP contribution in [0.25, 0.3) is 5.57 Å². The molecule has 1 spiro atoms. The average Bonchev–Trinajstić information content (AvgIpc) is 3.36. The molecule has 0 fully saturated rings. The highest BCUT2D eigenvalue weighted by molar-refractivity contribution is 5.80. The summed E-state index contributed by atoms with van der Waals surface area (Å²) in [6.07, 6.45) is 11.2. The van der Waals surface area contributed by atoms with Gasteiger partial charge in [0.05, 0.1) is 6.61 Å². The van der Waals surface area contributed by atoms with Crippen molar-refractivity contribution in [3.8, 4) is 5.75 Å². The summed E-state index contributed by atoms with van der Waals surface area (Å²) in [6, 6.07) is 24.5. The predicted molar refractivity (Wildman–Crippen MR) is 135 cm³/mol. The molecule has 0 aromatic heterocycles. The Morgan fingerprint density at radius 1 is 0.824 bits per heavy atom. The average molecular weight is 449 g/mol. The van der Waals surface area contributed by atoms with Crippen LogP contribution in [0.15, 0.2) is 103 Å². The van der Waals surface area contributed by atoms with Gasteiger partial charge in [0.25, 0.3) is 0 Å². The fourth-order valence-electron chi connectivity index (χ4n) is 5.94. The van der Waals surface area contributed by atoms with Gasteiger partial charge in [0.15, 0.2) is 0 Å². The molecule has 2 N–H and O–H groups in total. The topological polar surface area (TPSA) is 49.7 Å². The number of allylic oxidation sites excluding steroid dienone is 3. The molecule has 0 heterocycles. The SMILES string of the molecule is OC1=CC=CCC1(C=C1c2ccccc2CC12Cc1ccc(O)cc1C2)OCc1ccccc1. The molecule has 2 atom stereocenters. The molecule has 3 heteroatoms. The smallest absolute Gasteiger partial charge is 0.147 e. The molecular formula is C31H28O3. The van der Waals surface area contributed by atoms with Gasteiger partial charge in [-0.2, -0.15) is 0 Å². The lowest BCUT2D eigenvalue weighted by Gasteiger charge is -2.35. The van der Waals surface area contributed by atoms with E-state index >= 15 is 0 Å². The largest absolute Gasteiger partial charge is 0.509 e. The van der Waals surface area contributed by atoms with E-state index in [4.69, 9.17) is 4.74 Å². The van der Waals surface area contributed by atoms with E-state index in [-0.39, 0.29) is 11.2 Å². The van der Waals surface area contributed by atoms with Crippen LogP contribution in [0.1, 0.15) is 34.2 Å². The third-order valence-electron chi connectivity index (χ3n) is 7.62. The molecule has 0 saturated heterocycles. The summed E-state index contributed by atoms with van der Waals surface area (Å²) in [5.41, 5.74) is 6.37. The first-order valence-corrected chi connectivity index (χ1v) is 11.9. The molecule has 3 aromatic carbocycles. The summed E-state index contributed by atoms with van der Waals surface area (Å²) in [7, 11) is 0. The Hall–Kier alpha value is -3.56. The minimum absolute atomic E-state index is 0.107. The van der Waals surface area contributed by atoms with Crippen LogP contribution in [0, 0.1) is 5.41 Å². The molecule has 3 aromatic rings. The Morgan fingerprint density at radius 3 is 2.44 bits per heavy atom. The Labute approximate surface area is 200 Å². The molecule has 3 nitrogen and oxygen atoms in total. The second kappa shape index (κ2) is 8.03. The van der Waals surface area contributed by atoms with Crippen LogP contribution in [-0.4, -0.2) is 15.8 Å². The Balaban J connectivity index is 1.45. The van der Waals surface area contributed by atoms with Crippen LogP contribution in [-0.2, 0) is 30.6 Å². The van der Waals surface area contributed by atoms with Crippen molar-refractivity contribution < 1.29 is 14.9 Å². The van der Waals surface area contributed by atoms with Crippen molar-refractivity contribution in [1.29, 1.82) is 0 Å². The predicted octanol–water partition coefficient (Wildman–Crippen LogP) is 6.47. The minimum atomic E-state index is -0.915. The van der Waals surface area contributed by atoms with Gasteiger partial charge in [-0.3, -0.25) is 0 Å². The number of rotatable bonds is 4. The minimum Gasteiger partial charge on any atom is -0.509 e. The quantitative estimate of drug-likeness (QED) is 0.481. The molecule has 0 aliphatic heterocycles. The molecule has 0 radical (unpaired) electrons. The van der Waals surface area contributed by atoms with Crippen molar-refractivity contribution in [2.45, 2.75) is 37.9 Å². The van der Waals surface area contributed by atoms with E-state index in [1.54, 1.807) is 12.1 Å². The van der Waals surface area contributed by atoms with Crippen molar-refractivity contribution in [3.05, 3.63) is 131 Å². The molecule has 0 amide bonds. The van der Waals surface area contributed by atoms with Gasteiger partial charge in [0.2, 0.25) is 0 Å². The summed E-state index contributed by atoms with van der Waals surface area (Å²) < 4.78 is 6.56. The number of hydrogen-bond donors (Lipinski definition) is 2. The summed E-state index contributed by atoms with van der Waals surface area (Å²) in [6.45, 7) is 0.416. The van der Waals surface area contributed by atoms with Crippen LogP contribution in [0.2, 0.25) is 0 Å². The maximum Gasteiger partial charge on any atom is 0.147 e. The zero-order valence-electron chi connectivity index (χ0n) is 19.1. The van der Waals surface area contributed by atoms with Crippen LogP contribution in [0.3, 0.4) is 0 Å². The van der Waals surface area contributed by atoms with Gasteiger partial charge in [0, 0.05) is 11.8 Å². The number of fused-ring (bicyclic) bond motifs is 2. The molecule has 2 unspecified atom stereocenters. The Morgan fingerprint density at radius 2 is 1.59 bits per heavy atom. The number of ether oxygens (including phenoxy) is 1. The highest BCUT2D eigenvalue weighted by atomic mass is 16.5. The van der Waals surface area contributed by atoms with Crippen LogP contribution < -0.4 is 0 Å². The highest BCUT2D eigenvalue weighted by Crippen LogP contribution is 2.56. The number of hydrogen-bond acceptors (Lipinski definition) is 3. The van der Waals surface area contributed by atoms with Crippen molar-refractivity contribution >= 4 is 5.57 Å². The van der Waals surface area contributed by atoms with Gasteiger partial charge in [-0.05, 0) is 76.9 Å². The normalized spacial score (nSPS) is 26.0. The van der Waals surface area contributed by atoms with Gasteiger partial charge >= 0.3 is 0 Å². The van der Waals surface area contributed by atoms with E-state index < -0.39 is 5.60 Å². The maximum atomic E-state index is 11.2. The Kier molecular flexibility index (Phi) is 4.96. The van der Waals surface area contributed by atoms with E-state index in [0.717, 1.165) is 24.8 Å². The molecule has 6 rings (SSSR count). The lowest BCUT2D eigenvalue weighted by molar-refractivity contribution is -0.0191. The summed E-state index contributed by atoms with van der Waals surface area (Å²) >= 11 is 0. The van der Waals surface area contributed by atoms with E-state index in [1.807, 2.05) is 42.5 Å². The Bertz CT molecular complexity index is 1330.